The van der Waals surface area contributed by atoms with Crippen LogP contribution in [0.25, 0.3) is 32.4 Å². The third-order valence-corrected chi connectivity index (χ3v) is 12.7. The second-order valence-corrected chi connectivity index (χ2v) is 17.9. The average Bonchev–Trinajstić information content (AvgIpc) is 3.85. The number of carbonyl (C=O) groups is 1. The summed E-state index contributed by atoms with van der Waals surface area (Å²) in [5.74, 6) is -8.95. The van der Waals surface area contributed by atoms with Crippen LogP contribution in [-0.4, -0.2) is 76.4 Å². The van der Waals surface area contributed by atoms with Gasteiger partial charge in [-0.25, -0.2) is 22.2 Å². The summed E-state index contributed by atoms with van der Waals surface area (Å²) in [6, 6.07) is 8.16. The first-order chi connectivity index (χ1) is 28.4. The number of hydrogen-bond donors (Lipinski definition) is 2. The zero-order chi connectivity index (χ0) is 42.5. The molecule has 2 aromatic carbocycles. The molecule has 1 saturated heterocycles. The molecule has 2 aliphatic carbocycles. The summed E-state index contributed by atoms with van der Waals surface area (Å²) in [6.07, 6.45) is -4.30. The fourth-order valence-corrected chi connectivity index (χ4v) is 10.1. The lowest BCUT2D eigenvalue weighted by Crippen LogP contribution is -2.36. The van der Waals surface area contributed by atoms with Gasteiger partial charge in [-0.05, 0) is 55.0 Å². The average molecular weight is 878 g/mol. The molecule has 9 rings (SSSR count). The van der Waals surface area contributed by atoms with Crippen LogP contribution in [0.3, 0.4) is 0 Å². The molecule has 0 spiro atoms. The van der Waals surface area contributed by atoms with Crippen molar-refractivity contribution in [1.29, 1.82) is 0 Å². The topological polar surface area (TPSA) is 149 Å². The molecule has 0 radical (unpaired) electrons. The van der Waals surface area contributed by atoms with Gasteiger partial charge in [0, 0.05) is 54.2 Å². The maximum Gasteiger partial charge on any atom is 0.435 e. The van der Waals surface area contributed by atoms with Crippen LogP contribution in [0, 0.1) is 17.6 Å². The van der Waals surface area contributed by atoms with Gasteiger partial charge in [0.25, 0.3) is 5.92 Å². The molecule has 316 valence electrons. The van der Waals surface area contributed by atoms with Crippen molar-refractivity contribution in [2.45, 2.75) is 49.9 Å². The molecule has 60 heavy (non-hydrogen) atoms. The Kier molecular flexibility index (Phi) is 9.61. The number of aromatic nitrogens is 6. The summed E-state index contributed by atoms with van der Waals surface area (Å²) in [5.41, 5.74) is -1.43. The Morgan fingerprint density at radius 2 is 1.77 bits per heavy atom. The first kappa shape index (κ1) is 40.1. The number of hydrogen-bond acceptors (Lipinski definition) is 10. The SMILES string of the molecule is Cn1nc(NS(C)(=O)=O)c2cccc(-c3cc4sc(N5CCOCC5)nc4nc3[C@H](Cc3cc(F)cc(F)c3)NC(=O)Cn3nc(C(F)(F)F)c4c3C(F)(F)[C@@H]3CC[C@H]43)c21. The highest BCUT2D eigenvalue weighted by Gasteiger charge is 2.63. The molecule has 6 aromatic rings. The summed E-state index contributed by atoms with van der Waals surface area (Å²) >= 11 is 1.32. The lowest BCUT2D eigenvalue weighted by atomic mass is 9.73. The number of nitrogens with one attached hydrogen (secondary N) is 2. The van der Waals surface area contributed by atoms with E-state index < -0.39 is 81.0 Å². The van der Waals surface area contributed by atoms with Gasteiger partial charge in [-0.15, -0.1) is 0 Å². The predicted octanol–water partition coefficient (Wildman–Crippen LogP) is 6.65. The van der Waals surface area contributed by atoms with Gasteiger partial charge in [0.2, 0.25) is 15.9 Å². The minimum absolute atomic E-state index is 0.0120. The number of thiazole rings is 1. The number of ether oxygens (including phenoxy) is 1. The van der Waals surface area contributed by atoms with Crippen molar-refractivity contribution in [3.8, 4) is 11.1 Å². The van der Waals surface area contributed by atoms with Crippen LogP contribution in [-0.2, 0) is 51.7 Å². The van der Waals surface area contributed by atoms with Crippen LogP contribution in [0.5, 0.6) is 0 Å². The van der Waals surface area contributed by atoms with Crippen molar-refractivity contribution in [1.82, 2.24) is 34.8 Å². The molecule has 3 atom stereocenters. The largest absolute Gasteiger partial charge is 0.435 e. The van der Waals surface area contributed by atoms with Crippen molar-refractivity contribution in [2.75, 3.05) is 42.2 Å². The van der Waals surface area contributed by atoms with Gasteiger partial charge in [0.15, 0.2) is 22.3 Å². The quantitative estimate of drug-likeness (QED) is 0.145. The van der Waals surface area contributed by atoms with Gasteiger partial charge in [0.05, 0.1) is 41.4 Å². The molecule has 2 fully saturated rings. The molecule has 22 heteroatoms. The lowest BCUT2D eigenvalue weighted by Gasteiger charge is -2.34. The number of halogens is 7. The molecule has 1 aliphatic heterocycles. The van der Waals surface area contributed by atoms with Crippen LogP contribution < -0.4 is 14.9 Å². The Bertz CT molecular complexity index is 2800. The molecular formula is C38H34F7N9O4S2. The maximum atomic E-state index is 15.7. The highest BCUT2D eigenvalue weighted by molar-refractivity contribution is 7.92. The predicted molar refractivity (Wildman–Crippen MR) is 206 cm³/mol. The van der Waals surface area contributed by atoms with Crippen molar-refractivity contribution < 1.29 is 48.7 Å². The van der Waals surface area contributed by atoms with E-state index in [9.17, 15) is 35.2 Å². The van der Waals surface area contributed by atoms with E-state index in [0.29, 0.717) is 68.9 Å². The van der Waals surface area contributed by atoms with Crippen molar-refractivity contribution >= 4 is 59.5 Å². The minimum Gasteiger partial charge on any atom is -0.378 e. The minimum atomic E-state index is -5.07. The number of sulfonamides is 1. The normalized spacial score (nSPS) is 19.3. The number of anilines is 2. The number of aryl methyl sites for hydroxylation is 1. The van der Waals surface area contributed by atoms with Crippen LogP contribution in [0.1, 0.15) is 53.0 Å². The molecule has 0 bridgehead atoms. The third-order valence-electron chi connectivity index (χ3n) is 11.1. The first-order valence-electron chi connectivity index (χ1n) is 18.7. The second kappa shape index (κ2) is 14.4. The zero-order valence-electron chi connectivity index (χ0n) is 31.7. The first-order valence-corrected chi connectivity index (χ1v) is 21.4. The van der Waals surface area contributed by atoms with E-state index in [0.717, 1.165) is 18.4 Å². The molecule has 5 heterocycles. The highest BCUT2D eigenvalue weighted by atomic mass is 32.2. The number of carbonyl (C=O) groups excluding carboxylic acids is 1. The lowest BCUT2D eigenvalue weighted by molar-refractivity contribution is -0.144. The molecular weight excluding hydrogens is 844 g/mol. The van der Waals surface area contributed by atoms with Gasteiger partial charge in [0.1, 0.15) is 23.9 Å². The number of benzene rings is 2. The van der Waals surface area contributed by atoms with Gasteiger partial charge in [-0.2, -0.15) is 37.1 Å². The van der Waals surface area contributed by atoms with Gasteiger partial charge in [-0.1, -0.05) is 23.5 Å². The summed E-state index contributed by atoms with van der Waals surface area (Å²) in [4.78, 5) is 25.8. The number of morpholine rings is 1. The molecule has 4 aromatic heterocycles. The summed E-state index contributed by atoms with van der Waals surface area (Å²) in [5, 5.41) is 11.6. The molecule has 1 saturated carbocycles. The highest BCUT2D eigenvalue weighted by Crippen LogP contribution is 2.64. The number of nitrogens with zero attached hydrogens (tertiary/aromatic N) is 7. The third kappa shape index (κ3) is 7.10. The van der Waals surface area contributed by atoms with E-state index >= 15 is 8.78 Å². The van der Waals surface area contributed by atoms with Crippen LogP contribution in [0.4, 0.5) is 41.7 Å². The van der Waals surface area contributed by atoms with Crippen LogP contribution in [0.15, 0.2) is 42.5 Å². The smallest absolute Gasteiger partial charge is 0.378 e. The number of rotatable bonds is 10. The second-order valence-electron chi connectivity index (χ2n) is 15.2. The Hall–Kier alpha value is -5.35. The van der Waals surface area contributed by atoms with Gasteiger partial charge < -0.3 is 15.0 Å². The van der Waals surface area contributed by atoms with E-state index in [4.69, 9.17) is 14.7 Å². The Morgan fingerprint density at radius 3 is 2.43 bits per heavy atom. The van der Waals surface area contributed by atoms with Crippen molar-refractivity contribution in [2.24, 2.45) is 13.0 Å². The number of alkyl halides is 5. The van der Waals surface area contributed by atoms with Crippen molar-refractivity contribution in [3.05, 3.63) is 82.3 Å². The van der Waals surface area contributed by atoms with Crippen LogP contribution >= 0.6 is 11.3 Å². The van der Waals surface area contributed by atoms with E-state index in [1.54, 1.807) is 31.3 Å². The molecule has 3 aliphatic rings. The molecule has 1 amide bonds. The summed E-state index contributed by atoms with van der Waals surface area (Å²) < 4.78 is 138. The Labute approximate surface area is 340 Å². The maximum absolute atomic E-state index is 15.7. The molecule has 13 nitrogen and oxygen atoms in total. The summed E-state index contributed by atoms with van der Waals surface area (Å²) in [6.45, 7) is 0.959. The fourth-order valence-electron chi connectivity index (χ4n) is 8.56. The molecule has 0 unspecified atom stereocenters. The number of amides is 1. The Morgan fingerprint density at radius 1 is 1.03 bits per heavy atom. The number of fused-ring (bicyclic) bond motifs is 5. The van der Waals surface area contributed by atoms with E-state index in [1.165, 1.54) is 16.0 Å². The molecule has 2 N–H and O–H groups in total. The standard InChI is InChI=1S/C38H34F7N9O4S2/c1-52-31-21(4-3-5-23(31)34(50-52)51-60(2,56)57)24-16-27-35(48-36(59-27)53-8-10-58-11-9-53)47-30(24)26(14-18-12-19(39)15-20(40)13-18)46-28(55)17-54-33-29(32(49-54)38(43,44)45)22-6-7-25(22)37(33,41)42/h3-5,12-13,15-16,22,25-26H,6-11,14,17H2,1-2H3,(H,46,55)(H,50,51)/t22-,25+,26-/m0/s1. The Balaban J connectivity index is 1.20. The fraction of sp³-hybridized carbons (Fsp3) is 0.395. The van der Waals surface area contributed by atoms with Crippen molar-refractivity contribution in [3.63, 3.8) is 0 Å². The van der Waals surface area contributed by atoms with E-state index in [-0.39, 0.29) is 42.0 Å². The number of para-hydroxylation sites is 1. The van der Waals surface area contributed by atoms with Gasteiger partial charge in [-0.3, -0.25) is 18.9 Å². The van der Waals surface area contributed by atoms with Gasteiger partial charge >= 0.3 is 6.18 Å². The summed E-state index contributed by atoms with van der Waals surface area (Å²) in [7, 11) is -2.19. The van der Waals surface area contributed by atoms with E-state index in [1.807, 2.05) is 4.90 Å². The number of pyridine rings is 1. The van der Waals surface area contributed by atoms with Crippen LogP contribution in [0.2, 0.25) is 0 Å². The van der Waals surface area contributed by atoms with E-state index in [2.05, 4.69) is 20.2 Å². The monoisotopic (exact) mass is 877 g/mol. The zero-order valence-corrected chi connectivity index (χ0v) is 33.3.